The van der Waals surface area contributed by atoms with Crippen molar-refractivity contribution in [1.29, 1.82) is 0 Å². The van der Waals surface area contributed by atoms with Gasteiger partial charge in [-0.2, -0.15) is 0 Å². The van der Waals surface area contributed by atoms with Crippen LogP contribution in [0.2, 0.25) is 0 Å². The minimum Gasteiger partial charge on any atom is -0.375 e. The maximum Gasteiger partial charge on any atom is 0.0990 e. The average molecular weight is 299 g/mol. The fraction of sp³-hybridized carbons (Fsp3) is 1.00. The average Bonchev–Trinajstić information content (AvgIpc) is 2.49. The number of hydrogen-bond acceptors (Lipinski definition) is 3. The predicted octanol–water partition coefficient (Wildman–Crippen LogP) is 4.16. The molecule has 4 atom stereocenters. The summed E-state index contributed by atoms with van der Waals surface area (Å²) in [5.74, 6) is 0.722. The van der Waals surface area contributed by atoms with Crippen molar-refractivity contribution in [3.63, 3.8) is 0 Å². The van der Waals surface area contributed by atoms with Crippen molar-refractivity contribution in [3.8, 4) is 0 Å². The van der Waals surface area contributed by atoms with Gasteiger partial charge in [0.1, 0.15) is 0 Å². The van der Waals surface area contributed by atoms with Crippen LogP contribution in [0.3, 0.4) is 0 Å². The maximum atomic E-state index is 6.18. The van der Waals surface area contributed by atoms with Crippen molar-refractivity contribution in [1.82, 2.24) is 5.32 Å². The molecule has 1 saturated carbocycles. The van der Waals surface area contributed by atoms with Gasteiger partial charge in [0.05, 0.1) is 12.2 Å². The second-order valence-corrected chi connectivity index (χ2v) is 6.42. The summed E-state index contributed by atoms with van der Waals surface area (Å²) < 4.78 is 12.2. The van der Waals surface area contributed by atoms with E-state index >= 15 is 0 Å². The van der Waals surface area contributed by atoms with E-state index in [0.29, 0.717) is 12.1 Å². The summed E-state index contributed by atoms with van der Waals surface area (Å²) in [6, 6.07) is 0.497. The van der Waals surface area contributed by atoms with Crippen LogP contribution in [0.15, 0.2) is 0 Å². The summed E-state index contributed by atoms with van der Waals surface area (Å²) in [6.45, 7) is 11.8. The topological polar surface area (TPSA) is 30.5 Å². The first-order valence-electron chi connectivity index (χ1n) is 9.23. The van der Waals surface area contributed by atoms with Crippen LogP contribution in [-0.4, -0.2) is 38.0 Å². The van der Waals surface area contributed by atoms with Crippen LogP contribution in [0.25, 0.3) is 0 Å². The molecule has 4 unspecified atom stereocenters. The maximum absolute atomic E-state index is 6.18. The molecule has 0 aliphatic heterocycles. The first kappa shape index (κ1) is 18.9. The molecule has 0 aromatic heterocycles. The summed E-state index contributed by atoms with van der Waals surface area (Å²) in [5, 5.41) is 3.59. The number of nitrogens with one attached hydrogen (secondary N) is 1. The number of unbranched alkanes of at least 4 members (excludes halogenated alkanes) is 1. The largest absolute Gasteiger partial charge is 0.375 e. The fourth-order valence-electron chi connectivity index (χ4n) is 2.91. The molecule has 1 aliphatic rings. The van der Waals surface area contributed by atoms with E-state index in [1.165, 1.54) is 32.1 Å². The molecule has 126 valence electrons. The first-order chi connectivity index (χ1) is 10.3. The van der Waals surface area contributed by atoms with Crippen LogP contribution in [-0.2, 0) is 9.47 Å². The van der Waals surface area contributed by atoms with Gasteiger partial charge in [-0.25, -0.2) is 0 Å². The third-order valence-electron chi connectivity index (χ3n) is 4.51. The Bertz CT molecular complexity index is 247. The Labute approximate surface area is 132 Å². The zero-order valence-electron chi connectivity index (χ0n) is 14.7. The lowest BCUT2D eigenvalue weighted by Crippen LogP contribution is -2.60. The Morgan fingerprint density at radius 2 is 1.86 bits per heavy atom. The van der Waals surface area contributed by atoms with Crippen LogP contribution < -0.4 is 5.32 Å². The quantitative estimate of drug-likeness (QED) is 0.554. The van der Waals surface area contributed by atoms with E-state index in [4.69, 9.17) is 9.47 Å². The van der Waals surface area contributed by atoms with E-state index in [1.54, 1.807) is 0 Å². The molecule has 21 heavy (non-hydrogen) atoms. The lowest BCUT2D eigenvalue weighted by molar-refractivity contribution is -0.152. The van der Waals surface area contributed by atoms with E-state index in [-0.39, 0.29) is 6.10 Å². The van der Waals surface area contributed by atoms with Gasteiger partial charge in [0.2, 0.25) is 0 Å². The van der Waals surface area contributed by atoms with Gasteiger partial charge in [0.15, 0.2) is 0 Å². The molecule has 0 bridgehead atoms. The molecule has 1 N–H and O–H groups in total. The molecule has 1 fully saturated rings. The molecule has 0 aromatic carbocycles. The Morgan fingerprint density at radius 1 is 1.05 bits per heavy atom. The van der Waals surface area contributed by atoms with Gasteiger partial charge in [0, 0.05) is 19.3 Å². The lowest BCUT2D eigenvalue weighted by atomic mass is 9.84. The van der Waals surface area contributed by atoms with Crippen molar-refractivity contribution in [2.45, 2.75) is 90.9 Å². The van der Waals surface area contributed by atoms with Gasteiger partial charge in [-0.3, -0.25) is 0 Å². The standard InChI is InChI=1S/C18H37NO2/c1-5-9-10-15(8-4)14-21-17-13-16(19-11-6-2)18(17)20-12-7-3/h15-19H,5-14H2,1-4H3. The first-order valence-corrected chi connectivity index (χ1v) is 9.23. The van der Waals surface area contributed by atoms with E-state index in [1.807, 2.05) is 0 Å². The van der Waals surface area contributed by atoms with Gasteiger partial charge >= 0.3 is 0 Å². The number of rotatable bonds is 13. The van der Waals surface area contributed by atoms with Crippen molar-refractivity contribution < 1.29 is 9.47 Å². The van der Waals surface area contributed by atoms with Crippen molar-refractivity contribution in [2.75, 3.05) is 19.8 Å². The van der Waals surface area contributed by atoms with E-state index < -0.39 is 0 Å². The molecule has 0 heterocycles. The molecule has 3 heteroatoms. The molecule has 0 radical (unpaired) electrons. The summed E-state index contributed by atoms with van der Waals surface area (Å²) in [5.41, 5.74) is 0. The minimum atomic E-state index is 0.264. The molecule has 0 saturated heterocycles. The van der Waals surface area contributed by atoms with Gasteiger partial charge < -0.3 is 14.8 Å². The summed E-state index contributed by atoms with van der Waals surface area (Å²) in [4.78, 5) is 0. The molecule has 1 aliphatic carbocycles. The highest BCUT2D eigenvalue weighted by Crippen LogP contribution is 2.29. The normalized spacial score (nSPS) is 26.6. The van der Waals surface area contributed by atoms with Crippen LogP contribution in [0.4, 0.5) is 0 Å². The highest BCUT2D eigenvalue weighted by Gasteiger charge is 2.42. The van der Waals surface area contributed by atoms with E-state index in [0.717, 1.165) is 38.5 Å². The molecular weight excluding hydrogens is 262 g/mol. The zero-order valence-corrected chi connectivity index (χ0v) is 14.7. The molecular formula is C18H37NO2. The van der Waals surface area contributed by atoms with Gasteiger partial charge in [-0.15, -0.1) is 0 Å². The Balaban J connectivity index is 2.31. The molecule has 0 amide bonds. The number of hydrogen-bond donors (Lipinski definition) is 1. The van der Waals surface area contributed by atoms with Crippen molar-refractivity contribution in [2.24, 2.45) is 5.92 Å². The van der Waals surface area contributed by atoms with Crippen LogP contribution in [0.5, 0.6) is 0 Å². The van der Waals surface area contributed by atoms with Gasteiger partial charge in [-0.1, -0.05) is 47.0 Å². The van der Waals surface area contributed by atoms with Gasteiger partial charge in [0.25, 0.3) is 0 Å². The van der Waals surface area contributed by atoms with Gasteiger partial charge in [-0.05, 0) is 38.1 Å². The highest BCUT2D eigenvalue weighted by molar-refractivity contribution is 4.97. The third-order valence-corrected chi connectivity index (χ3v) is 4.51. The third kappa shape index (κ3) is 6.66. The molecule has 0 aromatic rings. The van der Waals surface area contributed by atoms with E-state index in [9.17, 15) is 0 Å². The molecule has 3 nitrogen and oxygen atoms in total. The predicted molar refractivity (Wildman–Crippen MR) is 89.8 cm³/mol. The lowest BCUT2D eigenvalue weighted by Gasteiger charge is -2.44. The highest BCUT2D eigenvalue weighted by atomic mass is 16.5. The molecule has 1 rings (SSSR count). The second-order valence-electron chi connectivity index (χ2n) is 6.42. The van der Waals surface area contributed by atoms with Crippen molar-refractivity contribution in [3.05, 3.63) is 0 Å². The Kier molecular flexibility index (Phi) is 10.3. The SMILES string of the molecule is CCCCC(CC)COC1CC(NCCC)C1OCCC. The molecule has 0 spiro atoms. The zero-order chi connectivity index (χ0) is 15.5. The van der Waals surface area contributed by atoms with Crippen molar-refractivity contribution >= 4 is 0 Å². The fourth-order valence-corrected chi connectivity index (χ4v) is 2.91. The summed E-state index contributed by atoms with van der Waals surface area (Å²) >= 11 is 0. The Morgan fingerprint density at radius 3 is 2.48 bits per heavy atom. The number of ether oxygens (including phenoxy) is 2. The van der Waals surface area contributed by atoms with Crippen LogP contribution in [0.1, 0.15) is 72.6 Å². The summed E-state index contributed by atoms with van der Waals surface area (Å²) in [6.07, 6.45) is 9.08. The van der Waals surface area contributed by atoms with Crippen LogP contribution in [0, 0.1) is 5.92 Å². The minimum absolute atomic E-state index is 0.264. The Hall–Kier alpha value is -0.120. The monoisotopic (exact) mass is 299 g/mol. The smallest absolute Gasteiger partial charge is 0.0990 e. The summed E-state index contributed by atoms with van der Waals surface area (Å²) in [7, 11) is 0. The van der Waals surface area contributed by atoms with E-state index in [2.05, 4.69) is 33.0 Å². The second kappa shape index (κ2) is 11.4. The van der Waals surface area contributed by atoms with Crippen LogP contribution >= 0.6 is 0 Å².